The molecule has 1 aliphatic rings. The smallest absolute Gasteiger partial charge is 0.129 e. The van der Waals surface area contributed by atoms with Gasteiger partial charge in [-0.15, -0.1) is 0 Å². The lowest BCUT2D eigenvalue weighted by atomic mass is 10.1. The molecular formula is C15H25N5. The summed E-state index contributed by atoms with van der Waals surface area (Å²) in [5, 5.41) is 10.1. The highest BCUT2D eigenvalue weighted by Gasteiger charge is 2.17. The molecule has 0 saturated carbocycles. The maximum atomic E-state index is 4.22. The van der Waals surface area contributed by atoms with Gasteiger partial charge in [-0.25, -0.2) is 4.98 Å². The number of hydrogen-bond donors (Lipinski definition) is 3. The van der Waals surface area contributed by atoms with Gasteiger partial charge in [-0.1, -0.05) is 6.07 Å². The number of rotatable bonds is 6. The normalized spacial score (nSPS) is 19.3. The predicted octanol–water partition coefficient (Wildman–Crippen LogP) is 1.24. The minimum absolute atomic E-state index is 0.180. The number of hydrogen-bond acceptors (Lipinski definition) is 5. The van der Waals surface area contributed by atoms with E-state index in [0.717, 1.165) is 5.82 Å². The van der Waals surface area contributed by atoms with E-state index in [4.69, 9.17) is 0 Å². The molecule has 1 aromatic rings. The molecule has 1 atom stereocenters. The zero-order valence-corrected chi connectivity index (χ0v) is 12.3. The first-order valence-corrected chi connectivity index (χ1v) is 7.24. The van der Waals surface area contributed by atoms with Gasteiger partial charge < -0.3 is 15.5 Å². The fourth-order valence-electron chi connectivity index (χ4n) is 2.34. The molecule has 1 aliphatic heterocycles. The van der Waals surface area contributed by atoms with E-state index in [1.165, 1.54) is 25.9 Å². The molecule has 2 heterocycles. The lowest BCUT2D eigenvalue weighted by Gasteiger charge is -2.31. The first kappa shape index (κ1) is 15.0. The summed E-state index contributed by atoms with van der Waals surface area (Å²) in [6.45, 7) is 2.34. The van der Waals surface area contributed by atoms with Gasteiger partial charge in [0, 0.05) is 18.4 Å². The Morgan fingerprint density at radius 1 is 1.35 bits per heavy atom. The van der Waals surface area contributed by atoms with Crippen LogP contribution in [0.1, 0.15) is 12.8 Å². The third kappa shape index (κ3) is 4.92. The summed E-state index contributed by atoms with van der Waals surface area (Å²) in [6.07, 6.45) is 8.40. The molecule has 0 amide bonds. The average Bonchev–Trinajstić information content (AvgIpc) is 2.49. The Hall–Kier alpha value is -1.43. The van der Waals surface area contributed by atoms with E-state index in [2.05, 4.69) is 39.0 Å². The Labute approximate surface area is 121 Å². The van der Waals surface area contributed by atoms with Gasteiger partial charge >= 0.3 is 0 Å². The number of anilines is 1. The van der Waals surface area contributed by atoms with Crippen LogP contribution in [0.25, 0.3) is 0 Å². The molecule has 5 heteroatoms. The lowest BCUT2D eigenvalue weighted by Crippen LogP contribution is -2.49. The van der Waals surface area contributed by atoms with Gasteiger partial charge in [0.05, 0.1) is 6.17 Å². The molecule has 20 heavy (non-hydrogen) atoms. The first-order valence-electron chi connectivity index (χ1n) is 7.24. The van der Waals surface area contributed by atoms with Crippen molar-refractivity contribution in [3.8, 4) is 0 Å². The van der Waals surface area contributed by atoms with Crippen molar-refractivity contribution in [1.29, 1.82) is 0 Å². The summed E-state index contributed by atoms with van der Waals surface area (Å²) in [7, 11) is 4.15. The van der Waals surface area contributed by atoms with Crippen LogP contribution >= 0.6 is 0 Å². The summed E-state index contributed by atoms with van der Waals surface area (Å²) < 4.78 is 0. The molecule has 3 N–H and O–H groups in total. The monoisotopic (exact) mass is 275 g/mol. The van der Waals surface area contributed by atoms with E-state index in [-0.39, 0.29) is 6.17 Å². The third-order valence-electron chi connectivity index (χ3n) is 3.63. The molecule has 1 saturated heterocycles. The summed E-state index contributed by atoms with van der Waals surface area (Å²) in [5.41, 5.74) is 0. The van der Waals surface area contributed by atoms with Crippen LogP contribution in [0.3, 0.4) is 0 Å². The molecule has 0 aromatic carbocycles. The number of piperidine rings is 1. The molecule has 0 bridgehead atoms. The Bertz CT molecular complexity index is 398. The molecule has 0 spiro atoms. The van der Waals surface area contributed by atoms with Gasteiger partial charge in [-0.3, -0.25) is 5.32 Å². The molecule has 2 rings (SSSR count). The standard InChI is InChI=1S/C15H25N5/c1-16-14(19-13-7-11-20(2)12-8-13)6-10-18-15-5-3-4-9-17-15/h3-6,9-10,13-14,16,19H,7-8,11-12H2,1-2H3,(H,17,18)/b10-6-. The maximum Gasteiger partial charge on any atom is 0.129 e. The number of pyridine rings is 1. The molecule has 1 unspecified atom stereocenters. The van der Waals surface area contributed by atoms with Crippen molar-refractivity contribution >= 4 is 5.82 Å². The van der Waals surface area contributed by atoms with Crippen molar-refractivity contribution in [2.75, 3.05) is 32.5 Å². The minimum Gasteiger partial charge on any atom is -0.347 e. The van der Waals surface area contributed by atoms with Crippen LogP contribution in [0.4, 0.5) is 5.82 Å². The fourth-order valence-corrected chi connectivity index (χ4v) is 2.34. The van der Waals surface area contributed by atoms with Crippen molar-refractivity contribution in [3.05, 3.63) is 36.7 Å². The van der Waals surface area contributed by atoms with Gasteiger partial charge in [0.15, 0.2) is 0 Å². The Kier molecular flexibility index (Phi) is 5.98. The van der Waals surface area contributed by atoms with Crippen LogP contribution in [0.2, 0.25) is 0 Å². The number of likely N-dealkylation sites (N-methyl/N-ethyl adjacent to an activating group) is 1. The van der Waals surface area contributed by atoms with Crippen LogP contribution < -0.4 is 16.0 Å². The average molecular weight is 275 g/mol. The van der Waals surface area contributed by atoms with E-state index in [1.807, 2.05) is 31.4 Å². The quantitative estimate of drug-likeness (QED) is 0.682. The second-order valence-electron chi connectivity index (χ2n) is 5.23. The number of nitrogens with one attached hydrogen (secondary N) is 3. The van der Waals surface area contributed by atoms with E-state index < -0.39 is 0 Å². The van der Waals surface area contributed by atoms with E-state index in [9.17, 15) is 0 Å². The highest BCUT2D eigenvalue weighted by molar-refractivity contribution is 5.36. The highest BCUT2D eigenvalue weighted by atomic mass is 15.2. The zero-order chi connectivity index (χ0) is 14.2. The van der Waals surface area contributed by atoms with Crippen LogP contribution in [0, 0.1) is 0 Å². The largest absolute Gasteiger partial charge is 0.347 e. The van der Waals surface area contributed by atoms with Crippen LogP contribution in [-0.4, -0.2) is 49.3 Å². The maximum absolute atomic E-state index is 4.22. The molecule has 0 radical (unpaired) electrons. The Morgan fingerprint density at radius 3 is 2.80 bits per heavy atom. The Balaban J connectivity index is 1.77. The topological polar surface area (TPSA) is 52.2 Å². The van der Waals surface area contributed by atoms with Crippen LogP contribution in [0.5, 0.6) is 0 Å². The highest BCUT2D eigenvalue weighted by Crippen LogP contribution is 2.08. The summed E-state index contributed by atoms with van der Waals surface area (Å²) in [5.74, 6) is 0.859. The zero-order valence-electron chi connectivity index (χ0n) is 12.3. The van der Waals surface area contributed by atoms with Crippen molar-refractivity contribution < 1.29 is 0 Å². The van der Waals surface area contributed by atoms with E-state index >= 15 is 0 Å². The second-order valence-corrected chi connectivity index (χ2v) is 5.23. The van der Waals surface area contributed by atoms with E-state index in [0.29, 0.717) is 6.04 Å². The first-order chi connectivity index (χ1) is 9.78. The molecular weight excluding hydrogens is 250 g/mol. The molecule has 1 aromatic heterocycles. The fraction of sp³-hybridized carbons (Fsp3) is 0.533. The van der Waals surface area contributed by atoms with Gasteiger partial charge in [-0.2, -0.15) is 0 Å². The summed E-state index contributed by atoms with van der Waals surface area (Å²) in [4.78, 5) is 6.60. The van der Waals surface area contributed by atoms with Crippen molar-refractivity contribution in [3.63, 3.8) is 0 Å². The number of likely N-dealkylation sites (tertiary alicyclic amines) is 1. The van der Waals surface area contributed by atoms with Crippen LogP contribution in [0.15, 0.2) is 36.7 Å². The van der Waals surface area contributed by atoms with Crippen molar-refractivity contribution in [2.24, 2.45) is 0 Å². The summed E-state index contributed by atoms with van der Waals surface area (Å²) >= 11 is 0. The van der Waals surface area contributed by atoms with E-state index in [1.54, 1.807) is 6.20 Å². The summed E-state index contributed by atoms with van der Waals surface area (Å²) in [6, 6.07) is 6.41. The van der Waals surface area contributed by atoms with Crippen molar-refractivity contribution in [2.45, 2.75) is 25.0 Å². The SMILES string of the molecule is CNC(/C=C\Nc1ccccn1)NC1CCN(C)CC1. The van der Waals surface area contributed by atoms with Gasteiger partial charge in [-0.05, 0) is 58.2 Å². The van der Waals surface area contributed by atoms with Gasteiger partial charge in [0.1, 0.15) is 5.82 Å². The molecule has 5 nitrogen and oxygen atoms in total. The molecule has 110 valence electrons. The predicted molar refractivity (Wildman–Crippen MR) is 83.5 cm³/mol. The van der Waals surface area contributed by atoms with Crippen LogP contribution in [-0.2, 0) is 0 Å². The lowest BCUT2D eigenvalue weighted by molar-refractivity contribution is 0.226. The number of aromatic nitrogens is 1. The van der Waals surface area contributed by atoms with Crippen molar-refractivity contribution in [1.82, 2.24) is 20.5 Å². The minimum atomic E-state index is 0.180. The third-order valence-corrected chi connectivity index (χ3v) is 3.63. The van der Waals surface area contributed by atoms with Gasteiger partial charge in [0.2, 0.25) is 0 Å². The molecule has 1 fully saturated rings. The van der Waals surface area contributed by atoms with Gasteiger partial charge in [0.25, 0.3) is 0 Å². The Morgan fingerprint density at radius 2 is 2.15 bits per heavy atom. The number of nitrogens with zero attached hydrogens (tertiary/aromatic N) is 2. The molecule has 0 aliphatic carbocycles. The second kappa shape index (κ2) is 7.99.